The van der Waals surface area contributed by atoms with Crippen LogP contribution in [0.5, 0.6) is 17.2 Å². The summed E-state index contributed by atoms with van der Waals surface area (Å²) in [5.41, 5.74) is 3.59. The van der Waals surface area contributed by atoms with E-state index in [-0.39, 0.29) is 6.03 Å². The highest BCUT2D eigenvalue weighted by Crippen LogP contribution is 2.32. The van der Waals surface area contributed by atoms with E-state index in [9.17, 15) is 4.79 Å². The Balaban J connectivity index is 1.37. The maximum Gasteiger partial charge on any atom is 0.321 e. The molecule has 2 heterocycles. The molecule has 0 unspecified atom stereocenters. The monoisotopic (exact) mass is 436 g/mol. The first kappa shape index (κ1) is 21.5. The predicted molar refractivity (Wildman–Crippen MR) is 123 cm³/mol. The third-order valence-electron chi connectivity index (χ3n) is 5.83. The summed E-state index contributed by atoms with van der Waals surface area (Å²) in [4.78, 5) is 14.6. The van der Waals surface area contributed by atoms with Gasteiger partial charge in [0, 0.05) is 36.3 Å². The van der Waals surface area contributed by atoms with Crippen molar-refractivity contribution in [2.45, 2.75) is 18.8 Å². The van der Waals surface area contributed by atoms with Crippen molar-refractivity contribution in [3.05, 3.63) is 54.2 Å². The van der Waals surface area contributed by atoms with Gasteiger partial charge >= 0.3 is 6.03 Å². The van der Waals surface area contributed by atoms with Crippen LogP contribution in [0.1, 0.15) is 24.5 Å². The molecular weight excluding hydrogens is 408 g/mol. The van der Waals surface area contributed by atoms with Crippen molar-refractivity contribution in [1.29, 1.82) is 0 Å². The van der Waals surface area contributed by atoms with Gasteiger partial charge in [-0.25, -0.2) is 4.79 Å². The molecule has 3 aromatic rings. The van der Waals surface area contributed by atoms with Crippen LogP contribution >= 0.6 is 0 Å². The molecule has 1 aliphatic rings. The molecule has 2 N–H and O–H groups in total. The van der Waals surface area contributed by atoms with Gasteiger partial charge in [0.1, 0.15) is 17.2 Å². The van der Waals surface area contributed by atoms with Gasteiger partial charge in [-0.3, -0.25) is 5.10 Å². The fourth-order valence-electron chi connectivity index (χ4n) is 3.98. The lowest BCUT2D eigenvalue weighted by molar-refractivity contribution is 0.194. The van der Waals surface area contributed by atoms with Gasteiger partial charge in [-0.2, -0.15) is 5.10 Å². The molecule has 32 heavy (non-hydrogen) atoms. The Morgan fingerprint density at radius 1 is 1.00 bits per heavy atom. The highest BCUT2D eigenvalue weighted by atomic mass is 16.5. The number of ether oxygens (including phenoxy) is 3. The van der Waals surface area contributed by atoms with Crippen molar-refractivity contribution in [3.63, 3.8) is 0 Å². The number of urea groups is 1. The number of aromatic nitrogens is 2. The number of methoxy groups -OCH3 is 3. The van der Waals surface area contributed by atoms with Crippen molar-refractivity contribution < 1.29 is 19.0 Å². The summed E-state index contributed by atoms with van der Waals surface area (Å²) in [5.74, 6) is 2.39. The van der Waals surface area contributed by atoms with E-state index in [1.54, 1.807) is 39.5 Å². The SMILES string of the molecule is COc1cccc(-c2cc(C3CCN(C(=O)Nc4cc(OC)ccc4OC)CC3)[nH]n2)c1. The van der Waals surface area contributed by atoms with Crippen LogP contribution in [0.15, 0.2) is 48.5 Å². The Labute approximate surface area is 187 Å². The van der Waals surface area contributed by atoms with Crippen LogP contribution in [0.25, 0.3) is 11.3 Å². The van der Waals surface area contributed by atoms with Gasteiger partial charge in [-0.15, -0.1) is 0 Å². The Morgan fingerprint density at radius 3 is 2.47 bits per heavy atom. The highest BCUT2D eigenvalue weighted by molar-refractivity contribution is 5.91. The summed E-state index contributed by atoms with van der Waals surface area (Å²) in [5, 5.41) is 10.6. The summed E-state index contributed by atoms with van der Waals surface area (Å²) < 4.78 is 15.9. The Bertz CT molecular complexity index is 1070. The molecule has 0 bridgehead atoms. The first-order chi connectivity index (χ1) is 15.6. The molecule has 8 nitrogen and oxygen atoms in total. The molecule has 0 radical (unpaired) electrons. The lowest BCUT2D eigenvalue weighted by atomic mass is 9.93. The molecule has 0 atom stereocenters. The van der Waals surface area contributed by atoms with E-state index >= 15 is 0 Å². The average molecular weight is 437 g/mol. The molecule has 0 aliphatic carbocycles. The minimum absolute atomic E-state index is 0.142. The van der Waals surface area contributed by atoms with Gasteiger partial charge < -0.3 is 24.4 Å². The number of aromatic amines is 1. The number of carbonyl (C=O) groups excluding carboxylic acids is 1. The molecule has 0 spiro atoms. The lowest BCUT2D eigenvalue weighted by Crippen LogP contribution is -2.40. The van der Waals surface area contributed by atoms with Gasteiger partial charge in [-0.05, 0) is 43.2 Å². The Hall–Kier alpha value is -3.68. The second-order valence-corrected chi connectivity index (χ2v) is 7.70. The molecule has 1 saturated heterocycles. The zero-order valence-electron chi connectivity index (χ0n) is 18.6. The van der Waals surface area contributed by atoms with Crippen molar-refractivity contribution in [2.75, 3.05) is 39.7 Å². The second kappa shape index (κ2) is 9.64. The fraction of sp³-hybridized carbons (Fsp3) is 0.333. The summed E-state index contributed by atoms with van der Waals surface area (Å²) >= 11 is 0. The topological polar surface area (TPSA) is 88.7 Å². The van der Waals surface area contributed by atoms with E-state index in [4.69, 9.17) is 14.2 Å². The van der Waals surface area contributed by atoms with Crippen LogP contribution in [0.2, 0.25) is 0 Å². The van der Waals surface area contributed by atoms with Crippen LogP contribution in [-0.2, 0) is 0 Å². The first-order valence-electron chi connectivity index (χ1n) is 10.6. The number of nitrogens with zero attached hydrogens (tertiary/aromatic N) is 2. The van der Waals surface area contributed by atoms with E-state index in [0.29, 0.717) is 36.2 Å². The number of piperidine rings is 1. The number of rotatable bonds is 6. The van der Waals surface area contributed by atoms with Gasteiger partial charge in [0.05, 0.1) is 32.7 Å². The number of H-pyrrole nitrogens is 1. The van der Waals surface area contributed by atoms with Gasteiger partial charge in [0.2, 0.25) is 0 Å². The fourth-order valence-corrected chi connectivity index (χ4v) is 3.98. The first-order valence-corrected chi connectivity index (χ1v) is 10.6. The number of nitrogens with one attached hydrogen (secondary N) is 2. The van der Waals surface area contributed by atoms with Crippen LogP contribution in [-0.4, -0.2) is 55.5 Å². The summed E-state index contributed by atoms with van der Waals surface area (Å²) in [7, 11) is 4.82. The molecule has 1 aliphatic heterocycles. The number of likely N-dealkylation sites (tertiary alicyclic amines) is 1. The van der Waals surface area contributed by atoms with Crippen LogP contribution < -0.4 is 19.5 Å². The maximum atomic E-state index is 12.8. The van der Waals surface area contributed by atoms with E-state index < -0.39 is 0 Å². The normalized spacial score (nSPS) is 14.2. The lowest BCUT2D eigenvalue weighted by Gasteiger charge is -2.31. The van der Waals surface area contributed by atoms with Gasteiger partial charge in [-0.1, -0.05) is 12.1 Å². The van der Waals surface area contributed by atoms with Crippen molar-refractivity contribution in [2.24, 2.45) is 0 Å². The van der Waals surface area contributed by atoms with Crippen LogP contribution in [0.3, 0.4) is 0 Å². The van der Waals surface area contributed by atoms with Gasteiger partial charge in [0.25, 0.3) is 0 Å². The van der Waals surface area contributed by atoms with Crippen molar-refractivity contribution >= 4 is 11.7 Å². The molecule has 1 fully saturated rings. The van der Waals surface area contributed by atoms with Crippen molar-refractivity contribution in [1.82, 2.24) is 15.1 Å². The summed E-state index contributed by atoms with van der Waals surface area (Å²) in [6.07, 6.45) is 1.73. The van der Waals surface area contributed by atoms with Crippen LogP contribution in [0, 0.1) is 0 Å². The number of hydrogen-bond acceptors (Lipinski definition) is 5. The van der Waals surface area contributed by atoms with Crippen molar-refractivity contribution in [3.8, 4) is 28.5 Å². The van der Waals surface area contributed by atoms with E-state index in [2.05, 4.69) is 21.6 Å². The Morgan fingerprint density at radius 2 is 1.75 bits per heavy atom. The minimum Gasteiger partial charge on any atom is -0.497 e. The standard InChI is InChI=1S/C24H28N4O4/c1-30-18-6-4-5-17(13-18)21-15-20(26-27-21)16-9-11-28(12-10-16)24(29)25-22-14-19(31-2)7-8-23(22)32-3/h4-8,13-16H,9-12H2,1-3H3,(H,25,29)(H,26,27). The quantitative estimate of drug-likeness (QED) is 0.593. The summed E-state index contributed by atoms with van der Waals surface area (Å²) in [6, 6.07) is 15.1. The maximum absolute atomic E-state index is 12.8. The third-order valence-corrected chi connectivity index (χ3v) is 5.83. The molecule has 168 valence electrons. The zero-order chi connectivity index (χ0) is 22.5. The molecule has 2 aromatic carbocycles. The predicted octanol–water partition coefficient (Wildman–Crippen LogP) is 4.51. The summed E-state index contributed by atoms with van der Waals surface area (Å²) in [6.45, 7) is 1.33. The van der Waals surface area contributed by atoms with Crippen LogP contribution in [0.4, 0.5) is 10.5 Å². The minimum atomic E-state index is -0.142. The molecule has 1 aromatic heterocycles. The number of hydrogen-bond donors (Lipinski definition) is 2. The molecule has 8 heteroatoms. The largest absolute Gasteiger partial charge is 0.497 e. The average Bonchev–Trinajstić information content (AvgIpc) is 3.34. The Kier molecular flexibility index (Phi) is 6.49. The molecule has 4 rings (SSSR count). The highest BCUT2D eigenvalue weighted by Gasteiger charge is 2.26. The third kappa shape index (κ3) is 4.64. The van der Waals surface area contributed by atoms with E-state index in [0.717, 1.165) is 35.5 Å². The number of anilines is 1. The number of carbonyl (C=O) groups is 1. The van der Waals surface area contributed by atoms with E-state index in [1.807, 2.05) is 29.2 Å². The second-order valence-electron chi connectivity index (χ2n) is 7.70. The number of benzene rings is 2. The smallest absolute Gasteiger partial charge is 0.321 e. The molecular formula is C24H28N4O4. The molecule has 2 amide bonds. The van der Waals surface area contributed by atoms with Gasteiger partial charge in [0.15, 0.2) is 0 Å². The molecule has 0 saturated carbocycles. The number of amides is 2. The van der Waals surface area contributed by atoms with E-state index in [1.165, 1.54) is 0 Å². The zero-order valence-corrected chi connectivity index (χ0v) is 18.6.